The molecule has 0 aliphatic rings. The van der Waals surface area contributed by atoms with Gasteiger partial charge in [-0.3, -0.25) is 9.59 Å². The van der Waals surface area contributed by atoms with E-state index >= 15 is 0 Å². The zero-order valence-electron chi connectivity index (χ0n) is 51.3. The number of unbranched alkanes of at least 4 members (excludes halogenated alkanes) is 47. The second-order valence-electron chi connectivity index (χ2n) is 23.5. The van der Waals surface area contributed by atoms with Crippen LogP contribution in [-0.4, -0.2) is 47.4 Å². The molecule has 0 aromatic carbocycles. The summed E-state index contributed by atoms with van der Waals surface area (Å²) in [5, 5.41) is 23.4. The molecule has 0 aliphatic carbocycles. The third-order valence-corrected chi connectivity index (χ3v) is 15.9. The standard InChI is InChI=1S/C70H133NO5/c1-3-5-7-9-11-13-15-17-19-21-27-30-34-38-42-46-50-54-58-62-68(73)67(66-72)71-69(74)63-59-55-51-47-43-39-35-31-28-25-23-24-26-29-33-37-41-45-49-53-57-61-65-76-70(75)64-60-56-52-48-44-40-36-32-22-20-18-16-14-12-10-8-6-4-2/h14,16,20,22,25,28,67-68,72-73H,3-13,15,17-19,21,23-24,26-27,29-66H2,1-2H3,(H,71,74)/b16-14-,22-20-,28-25-. The molecule has 2 atom stereocenters. The van der Waals surface area contributed by atoms with Gasteiger partial charge in [0, 0.05) is 12.8 Å². The van der Waals surface area contributed by atoms with Crippen LogP contribution in [0.25, 0.3) is 0 Å². The second kappa shape index (κ2) is 65.6. The fourth-order valence-electron chi connectivity index (χ4n) is 10.7. The molecular weight excluding hydrogens is 935 g/mol. The molecule has 0 heterocycles. The molecular formula is C70H133NO5. The van der Waals surface area contributed by atoms with Crippen LogP contribution in [0.5, 0.6) is 0 Å². The number of hydrogen-bond acceptors (Lipinski definition) is 5. The first-order valence-corrected chi connectivity index (χ1v) is 34.2. The second-order valence-corrected chi connectivity index (χ2v) is 23.5. The molecule has 0 bridgehead atoms. The number of carbonyl (C=O) groups excluding carboxylic acids is 2. The number of allylic oxidation sites excluding steroid dienone is 6. The minimum atomic E-state index is -0.670. The van der Waals surface area contributed by atoms with E-state index in [9.17, 15) is 19.8 Å². The number of nitrogens with one attached hydrogen (secondary N) is 1. The van der Waals surface area contributed by atoms with Crippen LogP contribution >= 0.6 is 0 Å². The van der Waals surface area contributed by atoms with Gasteiger partial charge in [0.05, 0.1) is 25.4 Å². The van der Waals surface area contributed by atoms with E-state index < -0.39 is 12.1 Å². The average Bonchev–Trinajstić information content (AvgIpc) is 3.42. The molecule has 1 amide bonds. The molecule has 0 aromatic heterocycles. The van der Waals surface area contributed by atoms with Crippen LogP contribution in [0.3, 0.4) is 0 Å². The molecule has 448 valence electrons. The highest BCUT2D eigenvalue weighted by Crippen LogP contribution is 2.18. The molecule has 0 aromatic rings. The summed E-state index contributed by atoms with van der Waals surface area (Å²) in [6.45, 7) is 4.96. The largest absolute Gasteiger partial charge is 0.466 e. The lowest BCUT2D eigenvalue weighted by Gasteiger charge is -2.22. The van der Waals surface area contributed by atoms with Gasteiger partial charge in [-0.1, -0.05) is 314 Å². The lowest BCUT2D eigenvalue weighted by molar-refractivity contribution is -0.143. The summed E-state index contributed by atoms with van der Waals surface area (Å²) in [5.74, 6) is -0.0358. The van der Waals surface area contributed by atoms with Gasteiger partial charge in [-0.05, 0) is 83.5 Å². The quantitative estimate of drug-likeness (QED) is 0.0320. The Morgan fingerprint density at radius 2 is 0.658 bits per heavy atom. The smallest absolute Gasteiger partial charge is 0.305 e. The van der Waals surface area contributed by atoms with Crippen molar-refractivity contribution in [1.29, 1.82) is 0 Å². The predicted octanol–water partition coefficient (Wildman–Crippen LogP) is 21.9. The molecule has 0 saturated carbocycles. The number of carbonyl (C=O) groups is 2. The molecule has 0 radical (unpaired) electrons. The van der Waals surface area contributed by atoms with Gasteiger partial charge in [0.25, 0.3) is 0 Å². The summed E-state index contributed by atoms with van der Waals surface area (Å²) < 4.78 is 5.50. The molecule has 0 spiro atoms. The van der Waals surface area contributed by atoms with Gasteiger partial charge in [0.1, 0.15) is 0 Å². The number of hydrogen-bond donors (Lipinski definition) is 3. The molecule has 6 heteroatoms. The van der Waals surface area contributed by atoms with Gasteiger partial charge in [0.15, 0.2) is 0 Å². The first kappa shape index (κ1) is 74.1. The van der Waals surface area contributed by atoms with Gasteiger partial charge in [-0.2, -0.15) is 0 Å². The molecule has 3 N–H and O–H groups in total. The van der Waals surface area contributed by atoms with E-state index in [0.29, 0.717) is 25.9 Å². The first-order chi connectivity index (χ1) is 37.5. The number of rotatable bonds is 64. The maximum Gasteiger partial charge on any atom is 0.305 e. The summed E-state index contributed by atoms with van der Waals surface area (Å²) in [4.78, 5) is 24.6. The van der Waals surface area contributed by atoms with Crippen LogP contribution in [0, 0.1) is 0 Å². The van der Waals surface area contributed by atoms with E-state index in [1.807, 2.05) is 0 Å². The zero-order valence-corrected chi connectivity index (χ0v) is 51.3. The van der Waals surface area contributed by atoms with Crippen LogP contribution in [0.15, 0.2) is 36.5 Å². The maximum atomic E-state index is 12.5. The molecule has 2 unspecified atom stereocenters. The average molecular weight is 1070 g/mol. The van der Waals surface area contributed by atoms with E-state index in [-0.39, 0.29) is 18.5 Å². The number of ether oxygens (including phenoxy) is 1. The van der Waals surface area contributed by atoms with Crippen molar-refractivity contribution < 1.29 is 24.5 Å². The topological polar surface area (TPSA) is 95.9 Å². The number of aliphatic hydroxyl groups is 2. The Morgan fingerprint density at radius 1 is 0.368 bits per heavy atom. The Bertz CT molecular complexity index is 1230. The van der Waals surface area contributed by atoms with Crippen molar-refractivity contribution in [3.63, 3.8) is 0 Å². The van der Waals surface area contributed by atoms with E-state index in [4.69, 9.17) is 4.74 Å². The van der Waals surface area contributed by atoms with Crippen LogP contribution < -0.4 is 5.32 Å². The zero-order chi connectivity index (χ0) is 55.0. The number of aliphatic hydroxyl groups excluding tert-OH is 2. The highest BCUT2D eigenvalue weighted by Gasteiger charge is 2.20. The molecule has 0 fully saturated rings. The van der Waals surface area contributed by atoms with E-state index in [0.717, 1.165) is 51.4 Å². The summed E-state index contributed by atoms with van der Waals surface area (Å²) in [6.07, 6.45) is 83.1. The lowest BCUT2D eigenvalue weighted by Crippen LogP contribution is -2.45. The van der Waals surface area contributed by atoms with Crippen molar-refractivity contribution in [1.82, 2.24) is 5.32 Å². The van der Waals surface area contributed by atoms with Crippen molar-refractivity contribution >= 4 is 11.9 Å². The first-order valence-electron chi connectivity index (χ1n) is 34.2. The summed E-state index contributed by atoms with van der Waals surface area (Å²) in [6, 6.07) is -0.548. The van der Waals surface area contributed by atoms with E-state index in [1.165, 1.54) is 289 Å². The molecule has 0 aliphatic heterocycles. The maximum absolute atomic E-state index is 12.5. The Morgan fingerprint density at radius 3 is 1.03 bits per heavy atom. The SMILES string of the molecule is CCCCCC/C=C\C/C=C\CCCCCCCCCC(=O)OCCCCCCCCCCCCC/C=C\CCCCCCCCCC(=O)NC(CO)C(O)CCCCCCCCCCCCCCCCCCCCC. The number of esters is 1. The van der Waals surface area contributed by atoms with Crippen molar-refractivity contribution in [3.05, 3.63) is 36.5 Å². The van der Waals surface area contributed by atoms with E-state index in [2.05, 4.69) is 55.6 Å². The van der Waals surface area contributed by atoms with Crippen molar-refractivity contribution in [2.24, 2.45) is 0 Å². The number of amides is 1. The predicted molar refractivity (Wildman–Crippen MR) is 333 cm³/mol. The van der Waals surface area contributed by atoms with E-state index in [1.54, 1.807) is 0 Å². The molecule has 0 saturated heterocycles. The third-order valence-electron chi connectivity index (χ3n) is 15.9. The van der Waals surface area contributed by atoms with Crippen LogP contribution in [0.1, 0.15) is 373 Å². The normalized spacial score (nSPS) is 12.7. The highest BCUT2D eigenvalue weighted by atomic mass is 16.5. The lowest BCUT2D eigenvalue weighted by atomic mass is 10.0. The molecule has 6 nitrogen and oxygen atoms in total. The Labute approximate surface area is 474 Å². The fourth-order valence-corrected chi connectivity index (χ4v) is 10.7. The Balaban J connectivity index is 3.41. The third kappa shape index (κ3) is 61.3. The van der Waals surface area contributed by atoms with Gasteiger partial charge in [-0.15, -0.1) is 0 Å². The van der Waals surface area contributed by atoms with Crippen LogP contribution in [0.4, 0.5) is 0 Å². The minimum absolute atomic E-state index is 0.00318. The highest BCUT2D eigenvalue weighted by molar-refractivity contribution is 5.76. The van der Waals surface area contributed by atoms with Crippen molar-refractivity contribution in [3.8, 4) is 0 Å². The van der Waals surface area contributed by atoms with Crippen LogP contribution in [0.2, 0.25) is 0 Å². The van der Waals surface area contributed by atoms with Gasteiger partial charge in [-0.25, -0.2) is 0 Å². The Hall–Kier alpha value is -1.92. The van der Waals surface area contributed by atoms with Gasteiger partial charge < -0.3 is 20.3 Å². The fraction of sp³-hybridized carbons (Fsp3) is 0.886. The van der Waals surface area contributed by atoms with Gasteiger partial charge >= 0.3 is 5.97 Å². The van der Waals surface area contributed by atoms with Crippen molar-refractivity contribution in [2.45, 2.75) is 386 Å². The summed E-state index contributed by atoms with van der Waals surface area (Å²) >= 11 is 0. The van der Waals surface area contributed by atoms with Gasteiger partial charge in [0.2, 0.25) is 5.91 Å². The minimum Gasteiger partial charge on any atom is -0.466 e. The monoisotopic (exact) mass is 1070 g/mol. The van der Waals surface area contributed by atoms with Crippen LogP contribution in [-0.2, 0) is 14.3 Å². The summed E-state index contributed by atoms with van der Waals surface area (Å²) in [7, 11) is 0. The Kier molecular flexibility index (Phi) is 63.9. The summed E-state index contributed by atoms with van der Waals surface area (Å²) in [5.41, 5.74) is 0. The molecule has 0 rings (SSSR count). The van der Waals surface area contributed by atoms with Crippen molar-refractivity contribution in [2.75, 3.05) is 13.2 Å². The molecule has 76 heavy (non-hydrogen) atoms.